The van der Waals surface area contributed by atoms with Crippen molar-refractivity contribution in [2.45, 2.75) is 44.7 Å². The van der Waals surface area contributed by atoms with E-state index in [9.17, 15) is 28.4 Å². The van der Waals surface area contributed by atoms with E-state index >= 15 is 0 Å². The summed E-state index contributed by atoms with van der Waals surface area (Å²) in [5, 5.41) is 23.0. The molecule has 0 radical (unpaired) electrons. The monoisotopic (exact) mass is 544 g/mol. The van der Waals surface area contributed by atoms with Crippen molar-refractivity contribution in [1.82, 2.24) is 10.6 Å². The Morgan fingerprint density at radius 3 is 2.35 bits per heavy atom. The molecule has 0 aromatic heterocycles. The number of carboxylic acids is 2. The molecule has 1 aliphatic heterocycles. The molecule has 2 amide bonds. The number of rotatable bonds is 11. The SMILES string of the molecule is CC(C)CC(NC(=O)CNC(=O)c1cc(Br)ccc1F)B1OC(=O)C(CC(=O)O)(CC(=O)O)O1. The van der Waals surface area contributed by atoms with Gasteiger partial charge in [0, 0.05) is 4.47 Å². The van der Waals surface area contributed by atoms with Crippen molar-refractivity contribution in [3.8, 4) is 0 Å². The molecule has 0 aliphatic carbocycles. The number of carbonyl (C=O) groups is 5. The number of nitrogens with one attached hydrogen (secondary N) is 2. The lowest BCUT2D eigenvalue weighted by Gasteiger charge is -2.24. The van der Waals surface area contributed by atoms with Crippen molar-refractivity contribution in [3.05, 3.63) is 34.1 Å². The highest BCUT2D eigenvalue weighted by atomic mass is 79.9. The van der Waals surface area contributed by atoms with Crippen molar-refractivity contribution < 1.29 is 47.9 Å². The Morgan fingerprint density at radius 2 is 1.79 bits per heavy atom. The van der Waals surface area contributed by atoms with Crippen LogP contribution in [0.4, 0.5) is 4.39 Å². The van der Waals surface area contributed by atoms with Crippen LogP contribution >= 0.6 is 15.9 Å². The van der Waals surface area contributed by atoms with Gasteiger partial charge in [0.25, 0.3) is 5.91 Å². The second-order valence-corrected chi connectivity index (χ2v) is 9.05. The molecule has 1 aromatic carbocycles. The smallest absolute Gasteiger partial charge is 0.506 e. The zero-order valence-corrected chi connectivity index (χ0v) is 19.9. The Kier molecular flexibility index (Phi) is 9.16. The minimum Gasteiger partial charge on any atom is -0.506 e. The van der Waals surface area contributed by atoms with E-state index in [1.807, 2.05) is 0 Å². The van der Waals surface area contributed by atoms with E-state index in [1.54, 1.807) is 13.8 Å². The second-order valence-electron chi connectivity index (χ2n) is 8.14. The Morgan fingerprint density at radius 1 is 1.18 bits per heavy atom. The topological polar surface area (TPSA) is 168 Å². The van der Waals surface area contributed by atoms with Gasteiger partial charge in [-0.2, -0.15) is 0 Å². The molecule has 14 heteroatoms. The zero-order valence-electron chi connectivity index (χ0n) is 18.3. The number of carbonyl (C=O) groups excluding carboxylic acids is 3. The Labute approximate surface area is 202 Å². The van der Waals surface area contributed by atoms with Crippen LogP contribution in [0.1, 0.15) is 43.5 Å². The van der Waals surface area contributed by atoms with Crippen molar-refractivity contribution in [2.24, 2.45) is 5.92 Å². The average Bonchev–Trinajstić information content (AvgIpc) is 3.01. The number of amides is 2. The lowest BCUT2D eigenvalue weighted by atomic mass is 9.74. The Bertz CT molecular complexity index is 975. The zero-order chi connectivity index (χ0) is 25.6. The van der Waals surface area contributed by atoms with Gasteiger partial charge in [-0.3, -0.25) is 24.0 Å². The van der Waals surface area contributed by atoms with E-state index in [0.717, 1.165) is 6.07 Å². The van der Waals surface area contributed by atoms with E-state index in [4.69, 9.17) is 19.5 Å². The maximum atomic E-state index is 13.9. The van der Waals surface area contributed by atoms with Crippen LogP contribution < -0.4 is 10.6 Å². The molecule has 1 atom stereocenters. The number of hydrogen-bond acceptors (Lipinski definition) is 7. The summed E-state index contributed by atoms with van der Waals surface area (Å²) >= 11 is 3.13. The molecule has 1 unspecified atom stereocenters. The maximum Gasteiger partial charge on any atom is 0.552 e. The third-order valence-electron chi connectivity index (χ3n) is 4.79. The summed E-state index contributed by atoms with van der Waals surface area (Å²) in [6, 6.07) is 3.75. The van der Waals surface area contributed by atoms with E-state index in [0.29, 0.717) is 4.47 Å². The maximum absolute atomic E-state index is 13.9. The number of carboxylic acid groups (broad SMARTS) is 2. The quantitative estimate of drug-likeness (QED) is 0.298. The highest BCUT2D eigenvalue weighted by Gasteiger charge is 2.57. The first kappa shape index (κ1) is 27.3. The predicted octanol–water partition coefficient (Wildman–Crippen LogP) is 1.14. The van der Waals surface area contributed by atoms with Crippen LogP contribution in [-0.4, -0.2) is 65.1 Å². The first-order valence-corrected chi connectivity index (χ1v) is 11.0. The van der Waals surface area contributed by atoms with Gasteiger partial charge >= 0.3 is 25.0 Å². The third-order valence-corrected chi connectivity index (χ3v) is 5.29. The van der Waals surface area contributed by atoms with E-state index in [1.165, 1.54) is 12.1 Å². The Balaban J connectivity index is 2.10. The van der Waals surface area contributed by atoms with Crippen LogP contribution in [0.5, 0.6) is 0 Å². The molecular formula is C20H23BBrFN2O9. The lowest BCUT2D eigenvalue weighted by molar-refractivity contribution is -0.157. The third kappa shape index (κ3) is 7.25. The fourth-order valence-electron chi connectivity index (χ4n) is 3.38. The normalized spacial score (nSPS) is 15.6. The first-order valence-electron chi connectivity index (χ1n) is 10.2. The molecule has 1 aromatic rings. The van der Waals surface area contributed by atoms with Crippen LogP contribution in [0.2, 0.25) is 0 Å². The van der Waals surface area contributed by atoms with E-state index in [2.05, 4.69) is 26.6 Å². The highest BCUT2D eigenvalue weighted by molar-refractivity contribution is 9.10. The summed E-state index contributed by atoms with van der Waals surface area (Å²) in [5.74, 6) is -7.45. The van der Waals surface area contributed by atoms with Gasteiger partial charge in [0.15, 0.2) is 5.60 Å². The van der Waals surface area contributed by atoms with Crippen LogP contribution in [0, 0.1) is 11.7 Å². The minimum absolute atomic E-state index is 0.0492. The van der Waals surface area contributed by atoms with Crippen molar-refractivity contribution in [3.63, 3.8) is 0 Å². The molecule has 1 saturated heterocycles. The molecule has 0 saturated carbocycles. The summed E-state index contributed by atoms with van der Waals surface area (Å²) in [4.78, 5) is 59.5. The van der Waals surface area contributed by atoms with Gasteiger partial charge in [-0.25, -0.2) is 4.39 Å². The van der Waals surface area contributed by atoms with E-state index in [-0.39, 0.29) is 17.9 Å². The molecule has 2 rings (SSSR count). The molecule has 34 heavy (non-hydrogen) atoms. The molecular weight excluding hydrogens is 522 g/mol. The Hall–Kier alpha value is -3.00. The molecule has 1 aliphatic rings. The summed E-state index contributed by atoms with van der Waals surface area (Å²) in [6.45, 7) is 3.06. The minimum atomic E-state index is -2.24. The van der Waals surface area contributed by atoms with E-state index < -0.39 is 73.6 Å². The first-order chi connectivity index (χ1) is 15.8. The van der Waals surface area contributed by atoms with Gasteiger partial charge in [-0.15, -0.1) is 0 Å². The molecule has 11 nitrogen and oxygen atoms in total. The summed E-state index contributed by atoms with van der Waals surface area (Å²) in [5.41, 5.74) is -2.52. The lowest BCUT2D eigenvalue weighted by Crippen LogP contribution is -2.51. The number of halogens is 2. The second kappa shape index (κ2) is 11.4. The van der Waals surface area contributed by atoms with Crippen molar-refractivity contribution >= 4 is 52.8 Å². The van der Waals surface area contributed by atoms with Gasteiger partial charge in [0.05, 0.1) is 30.9 Å². The standard InChI is InChI=1S/C20H23BBrFN2O9/c1-10(2)5-14(21-33-19(32)20(34-21,7-16(27)28)8-17(29)30)25-15(26)9-24-18(31)12-6-11(22)3-4-13(12)23/h3-4,6,10,14H,5,7-9H2,1-2H3,(H,24,31)(H,25,26)(H,27,28)(H,29,30). The molecule has 1 fully saturated rings. The summed E-state index contributed by atoms with van der Waals surface area (Å²) in [6.07, 6.45) is -1.66. The van der Waals surface area contributed by atoms with Gasteiger partial charge < -0.3 is 30.2 Å². The summed E-state index contributed by atoms with van der Waals surface area (Å²) in [7, 11) is -1.45. The van der Waals surface area contributed by atoms with Crippen molar-refractivity contribution in [2.75, 3.05) is 6.54 Å². The largest absolute Gasteiger partial charge is 0.552 e. The average molecular weight is 545 g/mol. The number of benzene rings is 1. The molecule has 0 bridgehead atoms. The predicted molar refractivity (Wildman–Crippen MR) is 118 cm³/mol. The van der Waals surface area contributed by atoms with Gasteiger partial charge in [-0.1, -0.05) is 29.8 Å². The van der Waals surface area contributed by atoms with Gasteiger partial charge in [0.2, 0.25) is 5.91 Å². The molecule has 1 heterocycles. The fourth-order valence-corrected chi connectivity index (χ4v) is 3.74. The molecule has 4 N–H and O–H groups in total. The van der Waals surface area contributed by atoms with Crippen LogP contribution in [0.3, 0.4) is 0 Å². The molecule has 0 spiro atoms. The van der Waals surface area contributed by atoms with Gasteiger partial charge in [0.1, 0.15) is 5.82 Å². The highest BCUT2D eigenvalue weighted by Crippen LogP contribution is 2.32. The van der Waals surface area contributed by atoms with Crippen molar-refractivity contribution in [1.29, 1.82) is 0 Å². The van der Waals surface area contributed by atoms with Crippen LogP contribution in [-0.2, 0) is 28.5 Å². The number of aliphatic carboxylic acids is 2. The van der Waals surface area contributed by atoms with Gasteiger partial charge in [-0.05, 0) is 30.5 Å². The number of hydrogen-bond donors (Lipinski definition) is 4. The fraction of sp³-hybridized carbons (Fsp3) is 0.450. The molecule has 184 valence electrons. The van der Waals surface area contributed by atoms with Crippen LogP contribution in [0.15, 0.2) is 22.7 Å². The summed E-state index contributed by atoms with van der Waals surface area (Å²) < 4.78 is 24.9. The van der Waals surface area contributed by atoms with Crippen LogP contribution in [0.25, 0.3) is 0 Å².